The highest BCUT2D eigenvalue weighted by atomic mass is 16.5. The van der Waals surface area contributed by atoms with Crippen LogP contribution >= 0.6 is 0 Å². The van der Waals surface area contributed by atoms with Crippen molar-refractivity contribution >= 4 is 0 Å². The summed E-state index contributed by atoms with van der Waals surface area (Å²) in [5.41, 5.74) is 7.84. The van der Waals surface area contributed by atoms with Gasteiger partial charge < -0.3 is 10.5 Å². The van der Waals surface area contributed by atoms with Crippen LogP contribution in [0.15, 0.2) is 24.3 Å². The van der Waals surface area contributed by atoms with Gasteiger partial charge in [0.25, 0.3) is 0 Å². The van der Waals surface area contributed by atoms with Crippen molar-refractivity contribution < 1.29 is 4.74 Å². The normalized spacial score (nSPS) is 11.7. The minimum absolute atomic E-state index is 0.234. The Morgan fingerprint density at radius 3 is 2.50 bits per heavy atom. The molecule has 0 atom stereocenters. The van der Waals surface area contributed by atoms with E-state index in [0.717, 1.165) is 0 Å². The minimum atomic E-state index is -0.234. The van der Waals surface area contributed by atoms with Gasteiger partial charge in [-0.2, -0.15) is 0 Å². The molecule has 0 fully saturated rings. The summed E-state index contributed by atoms with van der Waals surface area (Å²) < 4.78 is 5.72. The Morgan fingerprint density at radius 1 is 1.29 bits per heavy atom. The van der Waals surface area contributed by atoms with E-state index in [-0.39, 0.29) is 5.60 Å². The van der Waals surface area contributed by atoms with E-state index in [1.807, 2.05) is 26.0 Å². The first-order chi connectivity index (χ1) is 6.55. The molecule has 0 spiro atoms. The third-order valence-corrected chi connectivity index (χ3v) is 2.37. The molecule has 0 heterocycles. The van der Waals surface area contributed by atoms with Crippen molar-refractivity contribution in [3.05, 3.63) is 35.4 Å². The van der Waals surface area contributed by atoms with Gasteiger partial charge in [-0.3, -0.25) is 0 Å². The molecule has 0 aromatic heterocycles. The molecular formula is C12H19NO. The molecule has 2 heteroatoms. The summed E-state index contributed by atoms with van der Waals surface area (Å²) in [5, 5.41) is 0. The molecule has 0 amide bonds. The lowest BCUT2D eigenvalue weighted by Gasteiger charge is -2.23. The van der Waals surface area contributed by atoms with Gasteiger partial charge in [0.05, 0.1) is 12.2 Å². The first-order valence-electron chi connectivity index (χ1n) is 4.94. The number of hydrogen-bond acceptors (Lipinski definition) is 2. The molecule has 0 saturated carbocycles. The van der Waals surface area contributed by atoms with Gasteiger partial charge in [0.1, 0.15) is 0 Å². The van der Waals surface area contributed by atoms with E-state index in [0.29, 0.717) is 13.2 Å². The summed E-state index contributed by atoms with van der Waals surface area (Å²) in [6.45, 7) is 7.28. The van der Waals surface area contributed by atoms with Crippen molar-refractivity contribution in [2.24, 2.45) is 5.73 Å². The molecule has 1 rings (SSSR count). The molecular weight excluding hydrogens is 174 g/mol. The maximum Gasteiger partial charge on any atom is 0.0752 e. The summed E-state index contributed by atoms with van der Waals surface area (Å²) >= 11 is 0. The smallest absolute Gasteiger partial charge is 0.0752 e. The van der Waals surface area contributed by atoms with Crippen molar-refractivity contribution in [2.75, 3.05) is 6.54 Å². The molecule has 0 aliphatic heterocycles. The lowest BCUT2D eigenvalue weighted by atomic mass is 10.1. The molecule has 1 aromatic carbocycles. The standard InChI is InChI=1S/C12H19NO/c1-10-6-4-5-7-11(10)8-14-12(2,3)9-13/h4-7H,8-9,13H2,1-3H3. The monoisotopic (exact) mass is 193 g/mol. The number of benzene rings is 1. The topological polar surface area (TPSA) is 35.2 Å². The molecule has 0 aliphatic carbocycles. The average Bonchev–Trinajstić information content (AvgIpc) is 2.17. The number of hydrogen-bond donors (Lipinski definition) is 1. The lowest BCUT2D eigenvalue weighted by molar-refractivity contribution is -0.0223. The van der Waals surface area contributed by atoms with E-state index in [1.165, 1.54) is 11.1 Å². The van der Waals surface area contributed by atoms with Crippen LogP contribution in [0.1, 0.15) is 25.0 Å². The Labute approximate surface area is 86.1 Å². The van der Waals surface area contributed by atoms with E-state index in [9.17, 15) is 0 Å². The molecule has 0 radical (unpaired) electrons. The van der Waals surface area contributed by atoms with Crippen molar-refractivity contribution in [1.29, 1.82) is 0 Å². The third-order valence-electron chi connectivity index (χ3n) is 2.37. The van der Waals surface area contributed by atoms with Crippen molar-refractivity contribution in [1.82, 2.24) is 0 Å². The van der Waals surface area contributed by atoms with Crippen LogP contribution < -0.4 is 5.73 Å². The molecule has 1 aromatic rings. The predicted molar refractivity (Wildman–Crippen MR) is 59.1 cm³/mol. The van der Waals surface area contributed by atoms with Gasteiger partial charge in [-0.25, -0.2) is 0 Å². The molecule has 2 nitrogen and oxygen atoms in total. The van der Waals surface area contributed by atoms with Crippen LogP contribution in [0.25, 0.3) is 0 Å². The van der Waals surface area contributed by atoms with Crippen LogP contribution in [0.4, 0.5) is 0 Å². The summed E-state index contributed by atoms with van der Waals surface area (Å²) in [7, 11) is 0. The van der Waals surface area contributed by atoms with Gasteiger partial charge in [0.2, 0.25) is 0 Å². The summed E-state index contributed by atoms with van der Waals surface area (Å²) in [5.74, 6) is 0. The maximum atomic E-state index is 5.72. The van der Waals surface area contributed by atoms with Crippen molar-refractivity contribution in [3.63, 3.8) is 0 Å². The zero-order chi connectivity index (χ0) is 10.6. The zero-order valence-electron chi connectivity index (χ0n) is 9.21. The van der Waals surface area contributed by atoms with Crippen LogP contribution in [0, 0.1) is 6.92 Å². The van der Waals surface area contributed by atoms with Crippen LogP contribution in [0.3, 0.4) is 0 Å². The van der Waals surface area contributed by atoms with Gasteiger partial charge >= 0.3 is 0 Å². The molecule has 78 valence electrons. The number of ether oxygens (including phenoxy) is 1. The summed E-state index contributed by atoms with van der Waals surface area (Å²) in [6, 6.07) is 8.24. The SMILES string of the molecule is Cc1ccccc1COC(C)(C)CN. The van der Waals surface area contributed by atoms with Crippen molar-refractivity contribution in [3.8, 4) is 0 Å². The molecule has 0 aliphatic rings. The first-order valence-corrected chi connectivity index (χ1v) is 4.94. The van der Waals surface area contributed by atoms with E-state index in [4.69, 9.17) is 10.5 Å². The van der Waals surface area contributed by atoms with Crippen LogP contribution in [0.5, 0.6) is 0 Å². The van der Waals surface area contributed by atoms with Crippen LogP contribution in [0.2, 0.25) is 0 Å². The predicted octanol–water partition coefficient (Wildman–Crippen LogP) is 2.25. The van der Waals surface area contributed by atoms with Crippen LogP contribution in [-0.4, -0.2) is 12.1 Å². The second kappa shape index (κ2) is 4.58. The summed E-state index contributed by atoms with van der Waals surface area (Å²) in [4.78, 5) is 0. The Bertz CT molecular complexity index is 294. The van der Waals surface area contributed by atoms with Gasteiger partial charge in [-0.1, -0.05) is 24.3 Å². The fourth-order valence-electron chi connectivity index (χ4n) is 1.10. The largest absolute Gasteiger partial charge is 0.370 e. The lowest BCUT2D eigenvalue weighted by Crippen LogP contribution is -2.33. The number of rotatable bonds is 4. The number of aryl methyl sites for hydroxylation is 1. The van der Waals surface area contributed by atoms with Gasteiger partial charge in [-0.15, -0.1) is 0 Å². The Kier molecular flexibility index (Phi) is 3.67. The number of nitrogens with two attached hydrogens (primary N) is 1. The second-order valence-corrected chi connectivity index (χ2v) is 4.18. The third kappa shape index (κ3) is 3.13. The second-order valence-electron chi connectivity index (χ2n) is 4.18. The van der Waals surface area contributed by atoms with E-state index in [2.05, 4.69) is 19.1 Å². The van der Waals surface area contributed by atoms with Gasteiger partial charge in [0.15, 0.2) is 0 Å². The van der Waals surface area contributed by atoms with Crippen LogP contribution in [-0.2, 0) is 11.3 Å². The highest BCUT2D eigenvalue weighted by Crippen LogP contribution is 2.14. The fraction of sp³-hybridized carbons (Fsp3) is 0.500. The Morgan fingerprint density at radius 2 is 1.93 bits per heavy atom. The maximum absolute atomic E-state index is 5.72. The molecule has 14 heavy (non-hydrogen) atoms. The molecule has 2 N–H and O–H groups in total. The Balaban J connectivity index is 2.58. The highest BCUT2D eigenvalue weighted by molar-refractivity contribution is 5.24. The summed E-state index contributed by atoms with van der Waals surface area (Å²) in [6.07, 6.45) is 0. The van der Waals surface area contributed by atoms with E-state index >= 15 is 0 Å². The van der Waals surface area contributed by atoms with Crippen molar-refractivity contribution in [2.45, 2.75) is 33.0 Å². The molecule has 0 saturated heterocycles. The first kappa shape index (κ1) is 11.2. The van der Waals surface area contributed by atoms with Gasteiger partial charge in [-0.05, 0) is 31.9 Å². The highest BCUT2D eigenvalue weighted by Gasteiger charge is 2.15. The van der Waals surface area contributed by atoms with E-state index < -0.39 is 0 Å². The zero-order valence-corrected chi connectivity index (χ0v) is 9.21. The Hall–Kier alpha value is -0.860. The molecule has 0 bridgehead atoms. The van der Waals surface area contributed by atoms with Gasteiger partial charge in [0, 0.05) is 6.54 Å². The fourth-order valence-corrected chi connectivity index (χ4v) is 1.10. The van der Waals surface area contributed by atoms with E-state index in [1.54, 1.807) is 0 Å². The minimum Gasteiger partial charge on any atom is -0.370 e. The molecule has 0 unspecified atom stereocenters. The quantitative estimate of drug-likeness (QED) is 0.796. The average molecular weight is 193 g/mol.